The van der Waals surface area contributed by atoms with Crippen molar-refractivity contribution in [1.29, 1.82) is 0 Å². The normalized spacial score (nSPS) is 11.1. The largest absolute Gasteiger partial charge is 0.452 e. The number of nitrogens with zero attached hydrogens (tertiary/aromatic N) is 2. The minimum absolute atomic E-state index is 0.0748. The van der Waals surface area contributed by atoms with Gasteiger partial charge in [-0.1, -0.05) is 28.2 Å². The minimum Gasteiger partial charge on any atom is -0.452 e. The quantitative estimate of drug-likeness (QED) is 0.328. The van der Waals surface area contributed by atoms with Crippen LogP contribution in [0.1, 0.15) is 10.4 Å². The molecule has 0 aliphatic carbocycles. The van der Waals surface area contributed by atoms with E-state index in [1.807, 2.05) is 0 Å². The number of halogens is 1. The summed E-state index contributed by atoms with van der Waals surface area (Å²) in [5.41, 5.74) is -0.0748. The third-order valence-electron chi connectivity index (χ3n) is 3.42. The first kappa shape index (κ1) is 22.8. The molecule has 0 saturated heterocycles. The van der Waals surface area contributed by atoms with Crippen LogP contribution in [-0.2, 0) is 24.4 Å². The summed E-state index contributed by atoms with van der Waals surface area (Å²) in [7, 11) is -1.70. The van der Waals surface area contributed by atoms with E-state index in [0.29, 0.717) is 4.47 Å². The Balaban J connectivity index is 2.96. The van der Waals surface area contributed by atoms with Gasteiger partial charge in [-0.3, -0.25) is 9.63 Å². The van der Waals surface area contributed by atoms with E-state index in [1.165, 1.54) is 43.3 Å². The van der Waals surface area contributed by atoms with E-state index >= 15 is 0 Å². The van der Waals surface area contributed by atoms with Crippen LogP contribution >= 0.6 is 11.6 Å². The zero-order chi connectivity index (χ0) is 20.6. The first-order chi connectivity index (χ1) is 12.7. The maximum absolute atomic E-state index is 12.3. The van der Waals surface area contributed by atoms with Crippen molar-refractivity contribution in [3.63, 3.8) is 0 Å². The molecule has 1 rings (SSSR count). The van der Waals surface area contributed by atoms with Crippen molar-refractivity contribution in [2.75, 3.05) is 33.9 Å². The third-order valence-corrected chi connectivity index (χ3v) is 5.58. The van der Waals surface area contributed by atoms with Gasteiger partial charge in [-0.05, 0) is 18.2 Å². The summed E-state index contributed by atoms with van der Waals surface area (Å²) in [6.45, 7) is 7.14. The highest BCUT2D eigenvalue weighted by Gasteiger charge is 2.25. The van der Waals surface area contributed by atoms with E-state index in [0.717, 1.165) is 6.07 Å². The predicted octanol–water partition coefficient (Wildman–Crippen LogP) is 1.88. The summed E-state index contributed by atoms with van der Waals surface area (Å²) in [6.07, 6.45) is 3.07. The molecule has 0 radical (unpaired) electrons. The maximum atomic E-state index is 12.3. The van der Waals surface area contributed by atoms with Crippen molar-refractivity contribution in [2.45, 2.75) is 4.90 Å². The van der Waals surface area contributed by atoms with Gasteiger partial charge in [0.1, 0.15) is 4.90 Å². The van der Waals surface area contributed by atoms with Crippen molar-refractivity contribution in [3.8, 4) is 0 Å². The number of hydrogen-bond donors (Lipinski definition) is 0. The monoisotopic (exact) mass is 416 g/mol. The highest BCUT2D eigenvalue weighted by atomic mass is 35.5. The number of amides is 1. The first-order valence-electron chi connectivity index (χ1n) is 7.68. The molecule has 148 valence electrons. The van der Waals surface area contributed by atoms with Crippen LogP contribution in [0, 0.1) is 0 Å². The average molecular weight is 417 g/mol. The molecule has 0 heterocycles. The summed E-state index contributed by atoms with van der Waals surface area (Å²) in [4.78, 5) is 30.0. The summed E-state index contributed by atoms with van der Waals surface area (Å²) in [5.74, 6) is -1.31. The Hall–Kier alpha value is -2.20. The van der Waals surface area contributed by atoms with Crippen LogP contribution in [0.5, 0.6) is 0 Å². The van der Waals surface area contributed by atoms with E-state index in [4.69, 9.17) is 16.3 Å². The fraction of sp³-hybridized carbons (Fsp3) is 0.294. The van der Waals surface area contributed by atoms with Gasteiger partial charge >= 0.3 is 5.97 Å². The SMILES string of the molecule is C=CCN(CC=C)C(=O)COC(=O)c1ccc(Cl)c(S(=O)(=O)N(C)OC)c1. The van der Waals surface area contributed by atoms with Crippen molar-refractivity contribution in [1.82, 2.24) is 9.37 Å². The molecule has 1 amide bonds. The second-order valence-electron chi connectivity index (χ2n) is 5.19. The summed E-state index contributed by atoms with van der Waals surface area (Å²) >= 11 is 5.93. The van der Waals surface area contributed by atoms with Gasteiger partial charge in [-0.15, -0.1) is 13.2 Å². The van der Waals surface area contributed by atoms with E-state index in [9.17, 15) is 18.0 Å². The van der Waals surface area contributed by atoms with Gasteiger partial charge < -0.3 is 9.64 Å². The summed E-state index contributed by atoms with van der Waals surface area (Å²) in [5, 5.41) is -0.0883. The second-order valence-corrected chi connectivity index (χ2v) is 7.51. The number of rotatable bonds is 10. The molecule has 1 aromatic carbocycles. The Morgan fingerprint density at radius 3 is 2.33 bits per heavy atom. The molecule has 0 N–H and O–H groups in total. The van der Waals surface area contributed by atoms with Crippen molar-refractivity contribution in [3.05, 3.63) is 54.1 Å². The fourth-order valence-corrected chi connectivity index (χ4v) is 3.43. The lowest BCUT2D eigenvalue weighted by Gasteiger charge is -2.19. The number of carbonyl (C=O) groups is 2. The standard InChI is InChI=1S/C17H21ClN2O6S/c1-5-9-20(10-6-2)16(21)12-26-17(22)13-7-8-14(18)15(11-13)27(23,24)19(3)25-4/h5-8,11H,1-2,9-10,12H2,3-4H3. The molecule has 8 nitrogen and oxygen atoms in total. The minimum atomic E-state index is -4.06. The predicted molar refractivity (Wildman–Crippen MR) is 101 cm³/mol. The molecule has 0 aromatic heterocycles. The Morgan fingerprint density at radius 2 is 1.81 bits per heavy atom. The highest BCUT2D eigenvalue weighted by molar-refractivity contribution is 7.89. The van der Waals surface area contributed by atoms with Crippen LogP contribution in [-0.4, -0.2) is 63.5 Å². The van der Waals surface area contributed by atoms with E-state index < -0.39 is 28.5 Å². The van der Waals surface area contributed by atoms with E-state index in [-0.39, 0.29) is 28.6 Å². The Labute approximate surface area is 163 Å². The number of hydrogen-bond acceptors (Lipinski definition) is 6. The van der Waals surface area contributed by atoms with Gasteiger partial charge in [-0.2, -0.15) is 0 Å². The number of hydroxylamine groups is 1. The third kappa shape index (κ3) is 5.90. The van der Waals surface area contributed by atoms with Gasteiger partial charge in [0.15, 0.2) is 6.61 Å². The lowest BCUT2D eigenvalue weighted by atomic mass is 10.2. The average Bonchev–Trinajstić information content (AvgIpc) is 2.65. The summed E-state index contributed by atoms with van der Waals surface area (Å²) < 4.78 is 30.3. The highest BCUT2D eigenvalue weighted by Crippen LogP contribution is 2.25. The molecular weight excluding hydrogens is 396 g/mol. The van der Waals surface area contributed by atoms with Gasteiger partial charge in [0.25, 0.3) is 15.9 Å². The van der Waals surface area contributed by atoms with Crippen LogP contribution in [0.25, 0.3) is 0 Å². The smallest absolute Gasteiger partial charge is 0.338 e. The lowest BCUT2D eigenvalue weighted by Crippen LogP contribution is -2.35. The van der Waals surface area contributed by atoms with Crippen LogP contribution in [0.3, 0.4) is 0 Å². The van der Waals surface area contributed by atoms with Gasteiger partial charge in [0, 0.05) is 20.1 Å². The fourth-order valence-electron chi connectivity index (χ4n) is 1.96. The Bertz CT molecular complexity index is 815. The molecule has 27 heavy (non-hydrogen) atoms. The zero-order valence-electron chi connectivity index (χ0n) is 15.1. The molecule has 0 saturated carbocycles. The van der Waals surface area contributed by atoms with E-state index in [2.05, 4.69) is 18.0 Å². The van der Waals surface area contributed by atoms with Crippen molar-refractivity contribution < 1.29 is 27.6 Å². The van der Waals surface area contributed by atoms with Gasteiger partial charge in [-0.25, -0.2) is 13.2 Å². The number of benzene rings is 1. The topological polar surface area (TPSA) is 93.2 Å². The van der Waals surface area contributed by atoms with Crippen molar-refractivity contribution >= 4 is 33.5 Å². The van der Waals surface area contributed by atoms with Crippen molar-refractivity contribution in [2.24, 2.45) is 0 Å². The number of carbonyl (C=O) groups excluding carboxylic acids is 2. The molecule has 0 bridgehead atoms. The van der Waals surface area contributed by atoms with Crippen LogP contribution in [0.2, 0.25) is 5.02 Å². The summed E-state index contributed by atoms with van der Waals surface area (Å²) in [6, 6.07) is 3.61. The molecule has 0 atom stereocenters. The molecule has 0 aliphatic heterocycles. The Kier molecular flexibility index (Phi) is 8.64. The molecule has 0 aliphatic rings. The zero-order valence-corrected chi connectivity index (χ0v) is 16.6. The molecule has 1 aromatic rings. The molecular formula is C17H21ClN2O6S. The molecule has 0 unspecified atom stereocenters. The Morgan fingerprint density at radius 1 is 1.22 bits per heavy atom. The lowest BCUT2D eigenvalue weighted by molar-refractivity contribution is -0.133. The van der Waals surface area contributed by atoms with Crippen LogP contribution < -0.4 is 0 Å². The molecule has 0 spiro atoms. The number of sulfonamides is 1. The van der Waals surface area contributed by atoms with Gasteiger partial charge in [0.05, 0.1) is 17.7 Å². The number of esters is 1. The van der Waals surface area contributed by atoms with E-state index in [1.54, 1.807) is 0 Å². The molecule has 10 heteroatoms. The van der Waals surface area contributed by atoms with Crippen LogP contribution in [0.15, 0.2) is 48.4 Å². The maximum Gasteiger partial charge on any atom is 0.338 e. The number of ether oxygens (including phenoxy) is 1. The van der Waals surface area contributed by atoms with Gasteiger partial charge in [0.2, 0.25) is 0 Å². The first-order valence-corrected chi connectivity index (χ1v) is 9.50. The second kappa shape index (κ2) is 10.2. The molecule has 0 fully saturated rings. The van der Waals surface area contributed by atoms with Crippen LogP contribution in [0.4, 0.5) is 0 Å².